The minimum Gasteiger partial charge on any atom is -0.465 e. The number of aryl methyl sites for hydroxylation is 2. The van der Waals surface area contributed by atoms with Gasteiger partial charge in [0.15, 0.2) is 5.82 Å². The van der Waals surface area contributed by atoms with Gasteiger partial charge in [-0.2, -0.15) is 4.98 Å². The van der Waals surface area contributed by atoms with Gasteiger partial charge in [0.2, 0.25) is 17.7 Å². The van der Waals surface area contributed by atoms with Gasteiger partial charge < -0.3 is 19.2 Å². The van der Waals surface area contributed by atoms with Crippen molar-refractivity contribution in [3.63, 3.8) is 0 Å². The molecule has 2 saturated heterocycles. The fourth-order valence-corrected chi connectivity index (χ4v) is 4.94. The molecule has 1 N–H and O–H groups in total. The average molecular weight is 444 g/mol. The molecule has 0 aromatic carbocycles. The van der Waals surface area contributed by atoms with Gasteiger partial charge in [0.1, 0.15) is 11.5 Å². The van der Waals surface area contributed by atoms with E-state index in [0.717, 1.165) is 50.4 Å². The molecule has 1 spiro atoms. The van der Waals surface area contributed by atoms with Crippen LogP contribution in [0.2, 0.25) is 0 Å². The van der Waals surface area contributed by atoms with E-state index < -0.39 is 0 Å². The molecule has 174 valence electrons. The number of likely N-dealkylation sites (tertiary alicyclic amines) is 2. The number of carbonyl (C=O) groups excluding carboxylic acids is 2. The maximum absolute atomic E-state index is 12.7. The van der Waals surface area contributed by atoms with Crippen LogP contribution in [0.3, 0.4) is 0 Å². The fourth-order valence-electron chi connectivity index (χ4n) is 4.94. The molecule has 9 heteroatoms. The fraction of sp³-hybridized carbons (Fsp3) is 0.652. The third-order valence-corrected chi connectivity index (χ3v) is 6.67. The van der Waals surface area contributed by atoms with Gasteiger partial charge in [-0.1, -0.05) is 19.0 Å². The molecule has 0 radical (unpaired) electrons. The normalized spacial score (nSPS) is 20.9. The number of rotatable bonds is 6. The molecule has 0 bridgehead atoms. The molecule has 2 aliphatic heterocycles. The van der Waals surface area contributed by atoms with E-state index in [-0.39, 0.29) is 35.7 Å². The van der Waals surface area contributed by atoms with E-state index in [2.05, 4.69) is 20.4 Å². The van der Waals surface area contributed by atoms with Crippen LogP contribution in [0, 0.1) is 25.2 Å². The summed E-state index contributed by atoms with van der Waals surface area (Å²) in [6.45, 7) is 10.5. The van der Waals surface area contributed by atoms with Gasteiger partial charge in [-0.05, 0) is 50.7 Å². The summed E-state index contributed by atoms with van der Waals surface area (Å²) in [5.41, 5.74) is 0.0409. The van der Waals surface area contributed by atoms with E-state index in [1.165, 1.54) is 0 Å². The Bertz CT molecular complexity index is 957. The molecule has 32 heavy (non-hydrogen) atoms. The first-order valence-corrected chi connectivity index (χ1v) is 11.4. The maximum atomic E-state index is 12.7. The Balaban J connectivity index is 1.42. The summed E-state index contributed by atoms with van der Waals surface area (Å²) < 4.78 is 11.0. The van der Waals surface area contributed by atoms with Crippen molar-refractivity contribution >= 4 is 11.8 Å². The average Bonchev–Trinajstić information content (AvgIpc) is 3.46. The van der Waals surface area contributed by atoms with Crippen molar-refractivity contribution in [2.75, 3.05) is 26.2 Å². The molecule has 0 aliphatic carbocycles. The predicted molar refractivity (Wildman–Crippen MR) is 116 cm³/mol. The first-order chi connectivity index (χ1) is 15.2. The van der Waals surface area contributed by atoms with Crippen LogP contribution < -0.4 is 5.32 Å². The van der Waals surface area contributed by atoms with Gasteiger partial charge >= 0.3 is 0 Å². The molecule has 1 atom stereocenters. The highest BCUT2D eigenvalue weighted by molar-refractivity contribution is 5.78. The molecular weight excluding hydrogens is 410 g/mol. The predicted octanol–water partition coefficient (Wildman–Crippen LogP) is 2.61. The number of piperidine rings is 1. The first kappa shape index (κ1) is 22.5. The van der Waals surface area contributed by atoms with E-state index in [1.807, 2.05) is 37.8 Å². The Morgan fingerprint density at radius 3 is 2.59 bits per heavy atom. The molecule has 0 saturated carbocycles. The smallest absolute Gasteiger partial charge is 0.244 e. The summed E-state index contributed by atoms with van der Waals surface area (Å²) in [5.74, 6) is 2.88. The molecule has 4 heterocycles. The summed E-state index contributed by atoms with van der Waals surface area (Å²) in [6.07, 6.45) is 2.68. The Kier molecular flexibility index (Phi) is 6.37. The number of hydrogen-bond donors (Lipinski definition) is 1. The Morgan fingerprint density at radius 2 is 2.00 bits per heavy atom. The summed E-state index contributed by atoms with van der Waals surface area (Å²) in [6, 6.07) is 3.66. The minimum atomic E-state index is -0.0971. The lowest BCUT2D eigenvalue weighted by atomic mass is 9.76. The lowest BCUT2D eigenvalue weighted by Crippen LogP contribution is -2.46. The number of carbonyl (C=O) groups is 2. The molecule has 2 aliphatic rings. The van der Waals surface area contributed by atoms with Gasteiger partial charge in [-0.15, -0.1) is 0 Å². The van der Waals surface area contributed by atoms with Crippen molar-refractivity contribution in [3.05, 3.63) is 35.4 Å². The standard InChI is InChI=1S/C23H33N5O4/c1-15(2)22(30)27-9-7-23(8-10-27)11-19(21-25-17(4)26-32-21)28(14-23)13-20(29)24-12-18-6-5-16(3)31-18/h5-6,15,19H,7-14H2,1-4H3,(H,24,29). The second kappa shape index (κ2) is 9.05. The lowest BCUT2D eigenvalue weighted by molar-refractivity contribution is -0.136. The number of amides is 2. The van der Waals surface area contributed by atoms with Crippen LogP contribution in [0.5, 0.6) is 0 Å². The van der Waals surface area contributed by atoms with Gasteiger partial charge in [-0.3, -0.25) is 14.5 Å². The second-order valence-electron chi connectivity index (χ2n) is 9.57. The van der Waals surface area contributed by atoms with Crippen LogP contribution in [0.25, 0.3) is 0 Å². The monoisotopic (exact) mass is 443 g/mol. The van der Waals surface area contributed by atoms with E-state index in [0.29, 0.717) is 18.3 Å². The van der Waals surface area contributed by atoms with Gasteiger partial charge in [0.25, 0.3) is 0 Å². The zero-order valence-corrected chi connectivity index (χ0v) is 19.4. The zero-order chi connectivity index (χ0) is 22.9. The number of nitrogens with one attached hydrogen (secondary N) is 1. The van der Waals surface area contributed by atoms with Crippen molar-refractivity contribution in [1.29, 1.82) is 0 Å². The largest absolute Gasteiger partial charge is 0.465 e. The van der Waals surface area contributed by atoms with E-state index in [1.54, 1.807) is 6.92 Å². The first-order valence-electron chi connectivity index (χ1n) is 11.4. The quantitative estimate of drug-likeness (QED) is 0.732. The third-order valence-electron chi connectivity index (χ3n) is 6.67. The zero-order valence-electron chi connectivity index (χ0n) is 19.4. The highest BCUT2D eigenvalue weighted by Gasteiger charge is 2.48. The highest BCUT2D eigenvalue weighted by atomic mass is 16.5. The number of aromatic nitrogens is 2. The van der Waals surface area contributed by atoms with Crippen molar-refractivity contribution in [3.8, 4) is 0 Å². The summed E-state index contributed by atoms with van der Waals surface area (Å²) in [5, 5.41) is 6.91. The molecule has 2 amide bonds. The molecular formula is C23H33N5O4. The van der Waals surface area contributed by atoms with Gasteiger partial charge in [0, 0.05) is 25.6 Å². The van der Waals surface area contributed by atoms with Crippen molar-refractivity contribution < 1.29 is 18.5 Å². The van der Waals surface area contributed by atoms with Crippen LogP contribution in [-0.4, -0.2) is 57.9 Å². The number of furan rings is 1. The van der Waals surface area contributed by atoms with Gasteiger partial charge in [0.05, 0.1) is 19.1 Å². The van der Waals surface area contributed by atoms with Crippen LogP contribution >= 0.6 is 0 Å². The number of nitrogens with zero attached hydrogens (tertiary/aromatic N) is 4. The van der Waals surface area contributed by atoms with Crippen molar-refractivity contribution in [2.24, 2.45) is 11.3 Å². The van der Waals surface area contributed by atoms with Crippen LogP contribution in [0.4, 0.5) is 0 Å². The third kappa shape index (κ3) is 4.87. The lowest BCUT2D eigenvalue weighted by Gasteiger charge is -2.40. The summed E-state index contributed by atoms with van der Waals surface area (Å²) >= 11 is 0. The molecule has 1 unspecified atom stereocenters. The van der Waals surface area contributed by atoms with Crippen LogP contribution in [-0.2, 0) is 16.1 Å². The second-order valence-corrected chi connectivity index (χ2v) is 9.57. The van der Waals surface area contributed by atoms with E-state index >= 15 is 0 Å². The molecule has 2 aromatic heterocycles. The topological polar surface area (TPSA) is 105 Å². The SMILES string of the molecule is Cc1noc(C2CC3(CCN(C(=O)C(C)C)CC3)CN2CC(=O)NCc2ccc(C)o2)n1. The summed E-state index contributed by atoms with van der Waals surface area (Å²) in [4.78, 5) is 33.7. The van der Waals surface area contributed by atoms with Crippen molar-refractivity contribution in [2.45, 2.75) is 59.5 Å². The minimum absolute atomic E-state index is 0.0138. The Hall–Kier alpha value is -2.68. The molecule has 4 rings (SSSR count). The Labute approximate surface area is 188 Å². The molecule has 2 fully saturated rings. The van der Waals surface area contributed by atoms with E-state index in [4.69, 9.17) is 8.94 Å². The molecule has 2 aromatic rings. The Morgan fingerprint density at radius 1 is 1.25 bits per heavy atom. The van der Waals surface area contributed by atoms with Gasteiger partial charge in [-0.25, -0.2) is 0 Å². The van der Waals surface area contributed by atoms with E-state index in [9.17, 15) is 9.59 Å². The van der Waals surface area contributed by atoms with Crippen LogP contribution in [0.15, 0.2) is 21.1 Å². The summed E-state index contributed by atoms with van der Waals surface area (Å²) in [7, 11) is 0. The van der Waals surface area contributed by atoms with Crippen molar-refractivity contribution in [1.82, 2.24) is 25.3 Å². The van der Waals surface area contributed by atoms with Crippen LogP contribution in [0.1, 0.15) is 62.4 Å². The molecule has 9 nitrogen and oxygen atoms in total. The maximum Gasteiger partial charge on any atom is 0.244 e. The highest BCUT2D eigenvalue weighted by Crippen LogP contribution is 2.48. The number of hydrogen-bond acceptors (Lipinski definition) is 7.